The lowest BCUT2D eigenvalue weighted by Gasteiger charge is -2.08. The lowest BCUT2D eigenvalue weighted by molar-refractivity contribution is 0.598. The number of aromatic nitrogens is 4. The Morgan fingerprint density at radius 3 is 2.65 bits per heavy atom. The van der Waals surface area contributed by atoms with Gasteiger partial charge in [0.25, 0.3) is 0 Å². The highest BCUT2D eigenvalue weighted by Gasteiger charge is 2.08. The number of aryl methyl sites for hydroxylation is 4. The highest BCUT2D eigenvalue weighted by atomic mass is 35.5. The molecule has 2 aromatic rings. The summed E-state index contributed by atoms with van der Waals surface area (Å²) in [7, 11) is 0. The predicted octanol–water partition coefficient (Wildman–Crippen LogP) is 3.16. The van der Waals surface area contributed by atoms with E-state index in [0.717, 1.165) is 37.4 Å². The van der Waals surface area contributed by atoms with E-state index in [2.05, 4.69) is 42.5 Å². The third-order valence-corrected chi connectivity index (χ3v) is 3.30. The molecule has 0 saturated carbocycles. The van der Waals surface area contributed by atoms with Gasteiger partial charge in [-0.25, -0.2) is 0 Å². The fourth-order valence-corrected chi connectivity index (χ4v) is 2.22. The summed E-state index contributed by atoms with van der Waals surface area (Å²) in [6, 6.07) is 0. The van der Waals surface area contributed by atoms with Crippen LogP contribution >= 0.6 is 12.4 Å². The van der Waals surface area contributed by atoms with Gasteiger partial charge in [-0.1, -0.05) is 6.92 Å². The quantitative estimate of drug-likeness (QED) is 0.891. The molecule has 0 aliphatic rings. The molecule has 6 heteroatoms. The molecule has 0 atom stereocenters. The van der Waals surface area contributed by atoms with Gasteiger partial charge in [-0.3, -0.25) is 9.36 Å². The largest absolute Gasteiger partial charge is 0.377 e. The van der Waals surface area contributed by atoms with Gasteiger partial charge >= 0.3 is 0 Å². The van der Waals surface area contributed by atoms with Gasteiger partial charge in [0, 0.05) is 19.3 Å². The fourth-order valence-electron chi connectivity index (χ4n) is 2.22. The molecule has 0 radical (unpaired) electrons. The minimum atomic E-state index is 0. The first-order valence-corrected chi connectivity index (χ1v) is 6.94. The van der Waals surface area contributed by atoms with Crippen LogP contribution in [0.2, 0.25) is 0 Å². The van der Waals surface area contributed by atoms with Crippen molar-refractivity contribution >= 4 is 18.1 Å². The second kappa shape index (κ2) is 7.33. The number of nitrogens with one attached hydrogen (secondary N) is 1. The SMILES string of the molecule is CCCn1cc(NCc2c(C)cnn2CC)c(C)n1.Cl. The van der Waals surface area contributed by atoms with Gasteiger partial charge in [-0.15, -0.1) is 12.4 Å². The Bertz CT molecular complexity index is 544. The fraction of sp³-hybridized carbons (Fsp3) is 0.571. The summed E-state index contributed by atoms with van der Waals surface area (Å²) in [5.74, 6) is 0. The van der Waals surface area contributed by atoms with Crippen LogP contribution in [0.15, 0.2) is 12.4 Å². The minimum absolute atomic E-state index is 0. The monoisotopic (exact) mass is 297 g/mol. The van der Waals surface area contributed by atoms with Gasteiger partial charge in [0.05, 0.1) is 29.8 Å². The molecule has 2 rings (SSSR count). The molecule has 1 N–H and O–H groups in total. The Morgan fingerprint density at radius 2 is 2.00 bits per heavy atom. The predicted molar refractivity (Wildman–Crippen MR) is 84.5 cm³/mol. The third-order valence-electron chi connectivity index (χ3n) is 3.30. The van der Waals surface area contributed by atoms with Crippen LogP contribution in [-0.4, -0.2) is 19.6 Å². The van der Waals surface area contributed by atoms with E-state index in [1.54, 1.807) is 0 Å². The summed E-state index contributed by atoms with van der Waals surface area (Å²) in [6.45, 7) is 11.1. The van der Waals surface area contributed by atoms with E-state index in [0.29, 0.717) is 0 Å². The summed E-state index contributed by atoms with van der Waals surface area (Å²) < 4.78 is 4.04. The molecule has 112 valence electrons. The molecule has 5 nitrogen and oxygen atoms in total. The number of hydrogen-bond donors (Lipinski definition) is 1. The van der Waals surface area contributed by atoms with Crippen LogP contribution < -0.4 is 5.32 Å². The maximum absolute atomic E-state index is 4.50. The summed E-state index contributed by atoms with van der Waals surface area (Å²) in [4.78, 5) is 0. The Morgan fingerprint density at radius 1 is 1.25 bits per heavy atom. The van der Waals surface area contributed by atoms with E-state index in [-0.39, 0.29) is 12.4 Å². The standard InChI is InChI=1S/C14H23N5.ClH/c1-5-7-18-10-13(12(4)17-18)15-9-14-11(3)8-16-19(14)6-2;/h8,10,15H,5-7,9H2,1-4H3;1H. The van der Waals surface area contributed by atoms with Gasteiger partial charge in [-0.05, 0) is 32.8 Å². The van der Waals surface area contributed by atoms with Gasteiger partial charge in [0.2, 0.25) is 0 Å². The summed E-state index contributed by atoms with van der Waals surface area (Å²) >= 11 is 0. The maximum Gasteiger partial charge on any atom is 0.0825 e. The molecule has 2 heterocycles. The van der Waals surface area contributed by atoms with Crippen LogP contribution in [0, 0.1) is 13.8 Å². The van der Waals surface area contributed by atoms with Crippen LogP contribution in [0.1, 0.15) is 37.2 Å². The van der Waals surface area contributed by atoms with Crippen molar-refractivity contribution in [2.24, 2.45) is 0 Å². The molecule has 0 unspecified atom stereocenters. The molecule has 0 aromatic carbocycles. The molecule has 0 bridgehead atoms. The molecule has 0 aliphatic heterocycles. The minimum Gasteiger partial charge on any atom is -0.377 e. The molecule has 0 saturated heterocycles. The summed E-state index contributed by atoms with van der Waals surface area (Å²) in [5.41, 5.74) is 4.63. The van der Waals surface area contributed by atoms with Crippen LogP contribution in [0.3, 0.4) is 0 Å². The highest BCUT2D eigenvalue weighted by molar-refractivity contribution is 5.85. The van der Waals surface area contributed by atoms with E-state index < -0.39 is 0 Å². The topological polar surface area (TPSA) is 47.7 Å². The van der Waals surface area contributed by atoms with Crippen molar-refractivity contribution in [1.82, 2.24) is 19.6 Å². The van der Waals surface area contributed by atoms with Crippen LogP contribution in [0.5, 0.6) is 0 Å². The van der Waals surface area contributed by atoms with Crippen molar-refractivity contribution in [3.63, 3.8) is 0 Å². The van der Waals surface area contributed by atoms with Crippen LogP contribution in [0.4, 0.5) is 5.69 Å². The normalized spacial score (nSPS) is 10.4. The number of rotatable bonds is 6. The number of hydrogen-bond acceptors (Lipinski definition) is 3. The highest BCUT2D eigenvalue weighted by Crippen LogP contribution is 2.15. The lowest BCUT2D eigenvalue weighted by atomic mass is 10.2. The smallest absolute Gasteiger partial charge is 0.0825 e. The lowest BCUT2D eigenvalue weighted by Crippen LogP contribution is -2.09. The van der Waals surface area contributed by atoms with Crippen molar-refractivity contribution in [3.05, 3.63) is 29.3 Å². The second-order valence-corrected chi connectivity index (χ2v) is 4.83. The maximum atomic E-state index is 4.50. The zero-order valence-electron chi connectivity index (χ0n) is 12.7. The van der Waals surface area contributed by atoms with Crippen molar-refractivity contribution < 1.29 is 0 Å². The van der Waals surface area contributed by atoms with Gasteiger partial charge < -0.3 is 5.32 Å². The van der Waals surface area contributed by atoms with Gasteiger partial charge in [-0.2, -0.15) is 10.2 Å². The number of anilines is 1. The van der Waals surface area contributed by atoms with Crippen molar-refractivity contribution in [1.29, 1.82) is 0 Å². The zero-order chi connectivity index (χ0) is 13.8. The van der Waals surface area contributed by atoms with E-state index in [4.69, 9.17) is 0 Å². The Labute approximate surface area is 126 Å². The zero-order valence-corrected chi connectivity index (χ0v) is 13.5. The summed E-state index contributed by atoms with van der Waals surface area (Å²) in [6.07, 6.45) is 5.11. The number of halogens is 1. The molecule has 0 spiro atoms. The first-order chi connectivity index (χ1) is 9.15. The first-order valence-electron chi connectivity index (χ1n) is 6.94. The van der Waals surface area contributed by atoms with Crippen molar-refractivity contribution in [2.75, 3.05) is 5.32 Å². The average Bonchev–Trinajstić information content (AvgIpc) is 2.91. The molecular weight excluding hydrogens is 274 g/mol. The molecule has 20 heavy (non-hydrogen) atoms. The Balaban J connectivity index is 0.00000200. The van der Waals surface area contributed by atoms with Gasteiger partial charge in [0.1, 0.15) is 0 Å². The van der Waals surface area contributed by atoms with E-state index in [9.17, 15) is 0 Å². The number of nitrogens with zero attached hydrogens (tertiary/aromatic N) is 4. The van der Waals surface area contributed by atoms with Crippen molar-refractivity contribution in [3.8, 4) is 0 Å². The second-order valence-electron chi connectivity index (χ2n) is 4.83. The van der Waals surface area contributed by atoms with E-state index >= 15 is 0 Å². The summed E-state index contributed by atoms with van der Waals surface area (Å²) in [5, 5.41) is 12.3. The molecule has 0 fully saturated rings. The van der Waals surface area contributed by atoms with Crippen molar-refractivity contribution in [2.45, 2.75) is 53.8 Å². The van der Waals surface area contributed by atoms with Crippen LogP contribution in [-0.2, 0) is 19.6 Å². The molecule has 0 aliphatic carbocycles. The first kappa shape index (κ1) is 16.6. The molecule has 2 aromatic heterocycles. The van der Waals surface area contributed by atoms with Gasteiger partial charge in [0.15, 0.2) is 0 Å². The Hall–Kier alpha value is -1.49. The molecule has 0 amide bonds. The van der Waals surface area contributed by atoms with E-state index in [1.165, 1.54) is 11.3 Å². The third kappa shape index (κ3) is 3.54. The average molecular weight is 298 g/mol. The molecular formula is C14H24ClN5. The van der Waals surface area contributed by atoms with Crippen LogP contribution in [0.25, 0.3) is 0 Å². The van der Waals surface area contributed by atoms with E-state index in [1.807, 2.05) is 22.5 Å². The Kier molecular flexibility index (Phi) is 6.07.